The van der Waals surface area contributed by atoms with Crippen molar-refractivity contribution in [3.05, 3.63) is 70.8 Å². The van der Waals surface area contributed by atoms with E-state index in [0.29, 0.717) is 12.8 Å². The number of piperidine rings is 1. The first-order valence-corrected chi connectivity index (χ1v) is 8.48. The molecule has 5 nitrogen and oxygen atoms in total. The van der Waals surface area contributed by atoms with Crippen LogP contribution >= 0.6 is 0 Å². The zero-order valence-electron chi connectivity index (χ0n) is 14.3. The van der Waals surface area contributed by atoms with Crippen LogP contribution in [0, 0.1) is 17.6 Å². The maximum absolute atomic E-state index is 13.8. The fraction of sp³-hybridized carbons (Fsp3) is 0.250. The Bertz CT molecular complexity index is 905. The van der Waals surface area contributed by atoms with Crippen LogP contribution in [0.5, 0.6) is 0 Å². The number of carbonyl (C=O) groups is 3. The highest BCUT2D eigenvalue weighted by molar-refractivity contribution is 5.99. The number of hydrogen-bond acceptors (Lipinski definition) is 3. The molecule has 1 fully saturated rings. The minimum atomic E-state index is -1.12. The molecule has 1 heterocycles. The van der Waals surface area contributed by atoms with E-state index < -0.39 is 29.3 Å². The van der Waals surface area contributed by atoms with Crippen LogP contribution in [-0.4, -0.2) is 40.8 Å². The van der Waals surface area contributed by atoms with Gasteiger partial charge in [-0.25, -0.2) is 13.6 Å². The monoisotopic (exact) mass is 373 g/mol. The molecule has 2 aromatic rings. The van der Waals surface area contributed by atoms with Gasteiger partial charge in [-0.1, -0.05) is 6.07 Å². The number of carbonyl (C=O) groups excluding carboxylic acids is 2. The third kappa shape index (κ3) is 4.02. The minimum Gasteiger partial charge on any atom is -0.478 e. The third-order valence-electron chi connectivity index (χ3n) is 4.70. The van der Waals surface area contributed by atoms with Gasteiger partial charge < -0.3 is 10.0 Å². The maximum atomic E-state index is 13.8. The lowest BCUT2D eigenvalue weighted by Gasteiger charge is -2.31. The van der Waals surface area contributed by atoms with Crippen LogP contribution in [0.2, 0.25) is 0 Å². The average molecular weight is 373 g/mol. The molecular formula is C20H17F2NO4. The van der Waals surface area contributed by atoms with Gasteiger partial charge in [0.05, 0.1) is 11.1 Å². The third-order valence-corrected chi connectivity index (χ3v) is 4.70. The van der Waals surface area contributed by atoms with Crippen LogP contribution in [0.25, 0.3) is 0 Å². The number of nitrogens with zero attached hydrogens (tertiary/aromatic N) is 1. The summed E-state index contributed by atoms with van der Waals surface area (Å²) in [6.07, 6.45) is 0.665. The van der Waals surface area contributed by atoms with E-state index in [1.54, 1.807) is 0 Å². The number of benzene rings is 2. The number of aromatic carboxylic acids is 1. The maximum Gasteiger partial charge on any atom is 0.335 e. The van der Waals surface area contributed by atoms with E-state index >= 15 is 0 Å². The largest absolute Gasteiger partial charge is 0.478 e. The quantitative estimate of drug-likeness (QED) is 0.834. The number of hydrogen-bond donors (Lipinski definition) is 1. The number of ketones is 1. The molecule has 0 atom stereocenters. The van der Waals surface area contributed by atoms with Gasteiger partial charge in [-0.05, 0) is 49.2 Å². The van der Waals surface area contributed by atoms with E-state index in [-0.39, 0.29) is 35.7 Å². The summed E-state index contributed by atoms with van der Waals surface area (Å²) in [6.45, 7) is 0.562. The molecule has 0 aliphatic carbocycles. The SMILES string of the molecule is O=C(O)c1cccc(C(=O)N2CCC(C(=O)c3cc(F)ccc3F)CC2)c1. The highest BCUT2D eigenvalue weighted by atomic mass is 19.1. The fourth-order valence-electron chi connectivity index (χ4n) is 3.22. The Balaban J connectivity index is 1.67. The number of carboxylic acids is 1. The predicted molar refractivity (Wildman–Crippen MR) is 92.7 cm³/mol. The highest BCUT2D eigenvalue weighted by Crippen LogP contribution is 2.24. The second kappa shape index (κ2) is 7.65. The zero-order chi connectivity index (χ0) is 19.6. The molecule has 2 aromatic carbocycles. The number of carboxylic acid groups (broad SMARTS) is 1. The van der Waals surface area contributed by atoms with Crippen molar-refractivity contribution in [3.63, 3.8) is 0 Å². The fourth-order valence-corrected chi connectivity index (χ4v) is 3.22. The Labute approximate surface area is 154 Å². The molecule has 7 heteroatoms. The van der Waals surface area contributed by atoms with Crippen molar-refractivity contribution in [2.45, 2.75) is 12.8 Å². The van der Waals surface area contributed by atoms with Crippen molar-refractivity contribution >= 4 is 17.7 Å². The van der Waals surface area contributed by atoms with E-state index in [2.05, 4.69) is 0 Å². The predicted octanol–water partition coefficient (Wildman–Crippen LogP) is 3.40. The summed E-state index contributed by atoms with van der Waals surface area (Å²) in [4.78, 5) is 37.6. The van der Waals surface area contributed by atoms with Crippen molar-refractivity contribution in [2.75, 3.05) is 13.1 Å². The summed E-state index contributed by atoms with van der Waals surface area (Å²) in [5, 5.41) is 9.03. The van der Waals surface area contributed by atoms with Crippen molar-refractivity contribution in [3.8, 4) is 0 Å². The Kier molecular flexibility index (Phi) is 5.30. The van der Waals surface area contributed by atoms with Gasteiger partial charge in [0.2, 0.25) is 0 Å². The number of Topliss-reactive ketones (excluding diaryl/α,β-unsaturated/α-hetero) is 1. The summed E-state index contributed by atoms with van der Waals surface area (Å²) in [5.41, 5.74) is 0.0114. The molecule has 0 unspecified atom stereocenters. The normalized spacial score (nSPS) is 14.8. The van der Waals surface area contributed by atoms with E-state index in [0.717, 1.165) is 18.2 Å². The van der Waals surface area contributed by atoms with Gasteiger partial charge in [0, 0.05) is 24.6 Å². The molecule has 1 aliphatic rings. The van der Waals surface area contributed by atoms with Crippen LogP contribution in [0.1, 0.15) is 43.9 Å². The summed E-state index contributed by atoms with van der Waals surface area (Å²) < 4.78 is 27.1. The number of halogens is 2. The molecule has 0 spiro atoms. The Morgan fingerprint density at radius 3 is 2.30 bits per heavy atom. The van der Waals surface area contributed by atoms with E-state index in [4.69, 9.17) is 5.11 Å². The summed E-state index contributed by atoms with van der Waals surface area (Å²) in [6, 6.07) is 8.53. The molecule has 140 valence electrons. The molecule has 1 saturated heterocycles. The van der Waals surface area contributed by atoms with Gasteiger partial charge in [0.15, 0.2) is 5.78 Å². The van der Waals surface area contributed by atoms with Gasteiger partial charge in [-0.3, -0.25) is 9.59 Å². The molecular weight excluding hydrogens is 356 g/mol. The summed E-state index contributed by atoms with van der Waals surface area (Å²) >= 11 is 0. The van der Waals surface area contributed by atoms with Crippen LogP contribution in [0.3, 0.4) is 0 Å². The van der Waals surface area contributed by atoms with E-state index in [9.17, 15) is 23.2 Å². The Morgan fingerprint density at radius 2 is 1.63 bits per heavy atom. The standard InChI is InChI=1S/C20H17F2NO4/c21-15-4-5-17(22)16(11-15)18(24)12-6-8-23(9-7-12)19(25)13-2-1-3-14(10-13)20(26)27/h1-5,10-12H,6-9H2,(H,26,27). The molecule has 1 aliphatic heterocycles. The topological polar surface area (TPSA) is 74.7 Å². The van der Waals surface area contributed by atoms with E-state index in [1.165, 1.54) is 29.2 Å². The first kappa shape index (κ1) is 18.7. The molecule has 1 amide bonds. The smallest absolute Gasteiger partial charge is 0.335 e. The lowest BCUT2D eigenvalue weighted by Crippen LogP contribution is -2.40. The average Bonchev–Trinajstić information content (AvgIpc) is 2.69. The lowest BCUT2D eigenvalue weighted by atomic mass is 9.88. The molecule has 0 bridgehead atoms. The van der Waals surface area contributed by atoms with Crippen LogP contribution in [-0.2, 0) is 0 Å². The molecule has 1 N–H and O–H groups in total. The van der Waals surface area contributed by atoms with Crippen molar-refractivity contribution < 1.29 is 28.3 Å². The van der Waals surface area contributed by atoms with Gasteiger partial charge >= 0.3 is 5.97 Å². The van der Waals surface area contributed by atoms with Crippen LogP contribution < -0.4 is 0 Å². The van der Waals surface area contributed by atoms with Gasteiger partial charge in [-0.2, -0.15) is 0 Å². The van der Waals surface area contributed by atoms with Crippen LogP contribution in [0.15, 0.2) is 42.5 Å². The van der Waals surface area contributed by atoms with Gasteiger partial charge in [0.25, 0.3) is 5.91 Å². The van der Waals surface area contributed by atoms with Crippen LogP contribution in [0.4, 0.5) is 8.78 Å². The zero-order valence-corrected chi connectivity index (χ0v) is 14.3. The first-order valence-electron chi connectivity index (χ1n) is 8.48. The van der Waals surface area contributed by atoms with Crippen molar-refractivity contribution in [1.29, 1.82) is 0 Å². The summed E-state index contributed by atoms with van der Waals surface area (Å²) in [5.74, 6) is -3.83. The van der Waals surface area contributed by atoms with Gasteiger partial charge in [0.1, 0.15) is 11.6 Å². The minimum absolute atomic E-state index is 0.0208. The molecule has 0 aromatic heterocycles. The number of rotatable bonds is 4. The summed E-state index contributed by atoms with van der Waals surface area (Å²) in [7, 11) is 0. The van der Waals surface area contributed by atoms with Gasteiger partial charge in [-0.15, -0.1) is 0 Å². The Hall–Kier alpha value is -3.09. The van der Waals surface area contributed by atoms with Crippen molar-refractivity contribution in [1.82, 2.24) is 4.90 Å². The number of amides is 1. The molecule has 0 saturated carbocycles. The Morgan fingerprint density at radius 1 is 0.963 bits per heavy atom. The second-order valence-corrected chi connectivity index (χ2v) is 6.44. The second-order valence-electron chi connectivity index (χ2n) is 6.44. The van der Waals surface area contributed by atoms with E-state index in [1.807, 2.05) is 0 Å². The number of likely N-dealkylation sites (tertiary alicyclic amines) is 1. The molecule has 0 radical (unpaired) electrons. The lowest BCUT2D eigenvalue weighted by molar-refractivity contribution is 0.0648. The highest BCUT2D eigenvalue weighted by Gasteiger charge is 2.30. The first-order chi connectivity index (χ1) is 12.9. The molecule has 3 rings (SSSR count). The van der Waals surface area contributed by atoms with Crippen molar-refractivity contribution in [2.24, 2.45) is 5.92 Å². The molecule has 27 heavy (non-hydrogen) atoms.